The average Bonchev–Trinajstić information content (AvgIpc) is 2.60. The van der Waals surface area contributed by atoms with Crippen molar-refractivity contribution in [3.8, 4) is 0 Å². The van der Waals surface area contributed by atoms with E-state index < -0.39 is 10.9 Å². The Hall–Kier alpha value is -3.26. The molecule has 25 heavy (non-hydrogen) atoms. The zero-order valence-electron chi connectivity index (χ0n) is 12.6. The lowest BCUT2D eigenvalue weighted by atomic mass is 10.2. The van der Waals surface area contributed by atoms with Crippen LogP contribution in [0, 0.1) is 10.1 Å². The normalized spacial score (nSPS) is 10.6. The average molecular weight is 360 g/mol. The van der Waals surface area contributed by atoms with Gasteiger partial charge in [-0.15, -0.1) is 0 Å². The lowest BCUT2D eigenvalue weighted by Crippen LogP contribution is -2.16. The number of esters is 1. The molecule has 0 atom stereocenters. The van der Waals surface area contributed by atoms with Crippen LogP contribution in [0.25, 0.3) is 5.65 Å². The van der Waals surface area contributed by atoms with Gasteiger partial charge < -0.3 is 4.74 Å². The SMILES string of the molecule is O=C(OCc1cc(=O)n2cc(Cl)ccc2n1)c1cccc([N+](=O)[O-])c1. The van der Waals surface area contributed by atoms with Crippen molar-refractivity contribution in [3.63, 3.8) is 0 Å². The number of nitro benzene ring substituents is 1. The molecule has 0 amide bonds. The summed E-state index contributed by atoms with van der Waals surface area (Å²) in [5.41, 5.74) is 0.0743. The molecule has 0 radical (unpaired) electrons. The second kappa shape index (κ2) is 6.70. The van der Waals surface area contributed by atoms with Crippen LogP contribution in [-0.2, 0) is 11.3 Å². The molecular weight excluding hydrogens is 350 g/mol. The van der Waals surface area contributed by atoms with Crippen LogP contribution in [0.5, 0.6) is 0 Å². The largest absolute Gasteiger partial charge is 0.456 e. The Bertz CT molecular complexity index is 1050. The molecule has 0 fully saturated rings. The molecule has 2 aromatic heterocycles. The number of nitro groups is 1. The number of hydrogen-bond donors (Lipinski definition) is 0. The van der Waals surface area contributed by atoms with Crippen molar-refractivity contribution in [2.24, 2.45) is 0 Å². The predicted molar refractivity (Wildman–Crippen MR) is 88.7 cm³/mol. The standard InChI is InChI=1S/C16H10ClN3O5/c17-11-4-5-14-18-12(7-15(21)19(14)8-11)9-25-16(22)10-2-1-3-13(6-10)20(23)24/h1-8H,9H2. The molecule has 0 aliphatic carbocycles. The van der Waals surface area contributed by atoms with E-state index in [1.165, 1.54) is 34.9 Å². The van der Waals surface area contributed by atoms with E-state index in [1.807, 2.05) is 0 Å². The van der Waals surface area contributed by atoms with E-state index >= 15 is 0 Å². The first-order valence-electron chi connectivity index (χ1n) is 7.03. The van der Waals surface area contributed by atoms with Crippen molar-refractivity contribution >= 4 is 28.9 Å². The molecule has 126 valence electrons. The van der Waals surface area contributed by atoms with Crippen molar-refractivity contribution in [1.29, 1.82) is 0 Å². The molecule has 0 saturated carbocycles. The molecule has 0 spiro atoms. The molecule has 1 aromatic carbocycles. The molecule has 0 unspecified atom stereocenters. The number of aromatic nitrogens is 2. The quantitative estimate of drug-likeness (QED) is 0.403. The van der Waals surface area contributed by atoms with Gasteiger partial charge in [-0.25, -0.2) is 9.78 Å². The fourth-order valence-corrected chi connectivity index (χ4v) is 2.33. The minimum absolute atomic E-state index is 0.0403. The van der Waals surface area contributed by atoms with Crippen LogP contribution in [-0.4, -0.2) is 20.3 Å². The lowest BCUT2D eigenvalue weighted by Gasteiger charge is -2.06. The summed E-state index contributed by atoms with van der Waals surface area (Å²) in [5.74, 6) is -0.748. The van der Waals surface area contributed by atoms with Crippen LogP contribution in [0.4, 0.5) is 5.69 Å². The first-order valence-corrected chi connectivity index (χ1v) is 7.41. The molecule has 0 N–H and O–H groups in total. The number of halogens is 1. The highest BCUT2D eigenvalue weighted by Gasteiger charge is 2.13. The Morgan fingerprint density at radius 3 is 2.84 bits per heavy atom. The van der Waals surface area contributed by atoms with E-state index in [1.54, 1.807) is 12.1 Å². The lowest BCUT2D eigenvalue weighted by molar-refractivity contribution is -0.384. The zero-order chi connectivity index (χ0) is 18.0. The Kier molecular flexibility index (Phi) is 4.44. The van der Waals surface area contributed by atoms with E-state index in [4.69, 9.17) is 16.3 Å². The maximum absolute atomic E-state index is 12.0. The van der Waals surface area contributed by atoms with Crippen LogP contribution >= 0.6 is 11.6 Å². The Morgan fingerprint density at radius 2 is 2.08 bits per heavy atom. The smallest absolute Gasteiger partial charge is 0.338 e. The second-order valence-electron chi connectivity index (χ2n) is 5.04. The van der Waals surface area contributed by atoms with Crippen LogP contribution in [0.2, 0.25) is 5.02 Å². The third-order valence-corrected chi connectivity index (χ3v) is 3.54. The van der Waals surface area contributed by atoms with E-state index in [0.29, 0.717) is 10.7 Å². The number of carbonyl (C=O) groups excluding carboxylic acids is 1. The third-order valence-electron chi connectivity index (χ3n) is 3.32. The highest BCUT2D eigenvalue weighted by atomic mass is 35.5. The van der Waals surface area contributed by atoms with E-state index in [0.717, 1.165) is 6.07 Å². The van der Waals surface area contributed by atoms with Gasteiger partial charge in [0.25, 0.3) is 11.2 Å². The number of ether oxygens (including phenoxy) is 1. The van der Waals surface area contributed by atoms with Gasteiger partial charge in [0.2, 0.25) is 0 Å². The summed E-state index contributed by atoms with van der Waals surface area (Å²) >= 11 is 5.83. The molecule has 0 saturated heterocycles. The number of benzene rings is 1. The van der Waals surface area contributed by atoms with Gasteiger partial charge in [0, 0.05) is 24.4 Å². The van der Waals surface area contributed by atoms with Crippen LogP contribution in [0.1, 0.15) is 16.1 Å². The number of carbonyl (C=O) groups is 1. The summed E-state index contributed by atoms with van der Waals surface area (Å²) in [5, 5.41) is 11.1. The van der Waals surface area contributed by atoms with Gasteiger partial charge >= 0.3 is 5.97 Å². The minimum Gasteiger partial charge on any atom is -0.456 e. The zero-order valence-corrected chi connectivity index (χ0v) is 13.3. The van der Waals surface area contributed by atoms with E-state index in [-0.39, 0.29) is 29.1 Å². The molecule has 0 aliphatic heterocycles. The molecule has 3 rings (SSSR count). The number of hydrogen-bond acceptors (Lipinski definition) is 6. The Morgan fingerprint density at radius 1 is 1.28 bits per heavy atom. The number of fused-ring (bicyclic) bond motifs is 1. The number of non-ortho nitro benzene ring substituents is 1. The fraction of sp³-hybridized carbons (Fsp3) is 0.0625. The summed E-state index contributed by atoms with van der Waals surface area (Å²) in [4.78, 5) is 38.4. The van der Waals surface area contributed by atoms with Crippen LogP contribution in [0.15, 0.2) is 53.5 Å². The van der Waals surface area contributed by atoms with Crippen molar-refractivity contribution in [2.45, 2.75) is 6.61 Å². The van der Waals surface area contributed by atoms with Crippen LogP contribution in [0.3, 0.4) is 0 Å². The minimum atomic E-state index is -0.748. The van der Waals surface area contributed by atoms with E-state index in [2.05, 4.69) is 4.98 Å². The van der Waals surface area contributed by atoms with Crippen molar-refractivity contribution < 1.29 is 14.5 Å². The molecule has 0 bridgehead atoms. The maximum Gasteiger partial charge on any atom is 0.338 e. The fourth-order valence-electron chi connectivity index (χ4n) is 2.17. The molecule has 0 aliphatic rings. The second-order valence-corrected chi connectivity index (χ2v) is 5.48. The van der Waals surface area contributed by atoms with Gasteiger partial charge in [0.15, 0.2) is 0 Å². The van der Waals surface area contributed by atoms with Gasteiger partial charge in [-0.2, -0.15) is 0 Å². The van der Waals surface area contributed by atoms with Gasteiger partial charge in [0.1, 0.15) is 12.3 Å². The number of pyridine rings is 1. The van der Waals surface area contributed by atoms with Crippen molar-refractivity contribution in [2.75, 3.05) is 0 Å². The summed E-state index contributed by atoms with van der Waals surface area (Å²) in [7, 11) is 0. The van der Waals surface area contributed by atoms with Crippen molar-refractivity contribution in [3.05, 3.63) is 85.4 Å². The monoisotopic (exact) mass is 359 g/mol. The molecule has 3 aromatic rings. The molecular formula is C16H10ClN3O5. The number of rotatable bonds is 4. The van der Waals surface area contributed by atoms with Gasteiger partial charge in [0.05, 0.1) is 21.2 Å². The van der Waals surface area contributed by atoms with Crippen LogP contribution < -0.4 is 5.56 Å². The van der Waals surface area contributed by atoms with E-state index in [9.17, 15) is 19.7 Å². The maximum atomic E-state index is 12.0. The third kappa shape index (κ3) is 3.64. The topological polar surface area (TPSA) is 104 Å². The Labute approximate surface area is 145 Å². The highest BCUT2D eigenvalue weighted by molar-refractivity contribution is 6.30. The first-order chi connectivity index (χ1) is 11.9. The number of nitrogens with zero attached hydrogens (tertiary/aromatic N) is 3. The summed E-state index contributed by atoms with van der Waals surface area (Å²) < 4.78 is 6.35. The van der Waals surface area contributed by atoms with Gasteiger partial charge in [-0.1, -0.05) is 17.7 Å². The van der Waals surface area contributed by atoms with Gasteiger partial charge in [-0.3, -0.25) is 19.3 Å². The van der Waals surface area contributed by atoms with Crippen molar-refractivity contribution in [1.82, 2.24) is 9.38 Å². The van der Waals surface area contributed by atoms with Gasteiger partial charge in [-0.05, 0) is 18.2 Å². The predicted octanol–water partition coefficient (Wildman–Crippen LogP) is 2.61. The molecule has 9 heteroatoms. The summed E-state index contributed by atoms with van der Waals surface area (Å²) in [6.07, 6.45) is 1.44. The summed E-state index contributed by atoms with van der Waals surface area (Å²) in [6, 6.07) is 9.56. The Balaban J connectivity index is 1.79. The molecule has 8 nitrogen and oxygen atoms in total. The highest BCUT2D eigenvalue weighted by Crippen LogP contribution is 2.14. The first kappa shape index (κ1) is 16.6. The summed E-state index contributed by atoms with van der Waals surface area (Å²) in [6.45, 7) is -0.240. The molecule has 2 heterocycles.